The number of hydrogen-bond donors (Lipinski definition) is 1. The topological polar surface area (TPSA) is 29.5 Å². The number of rotatable bonds is 4. The summed E-state index contributed by atoms with van der Waals surface area (Å²) in [6, 6.07) is 12.2. The molecule has 2 rings (SSSR count). The summed E-state index contributed by atoms with van der Waals surface area (Å²) in [6.07, 6.45) is 0.111. The molecule has 2 aromatic carbocycles. The zero-order chi connectivity index (χ0) is 14.7. The molecule has 0 saturated heterocycles. The molecule has 2 heteroatoms. The van der Waals surface area contributed by atoms with Crippen LogP contribution in [0, 0.1) is 20.8 Å². The van der Waals surface area contributed by atoms with Gasteiger partial charge in [0.25, 0.3) is 0 Å². The van der Waals surface area contributed by atoms with Gasteiger partial charge in [0.2, 0.25) is 0 Å². The first-order valence-electron chi connectivity index (χ1n) is 6.90. The Morgan fingerprint density at radius 2 is 1.65 bits per heavy atom. The first-order chi connectivity index (χ1) is 9.51. The highest BCUT2D eigenvalue weighted by Crippen LogP contribution is 2.25. The summed E-state index contributed by atoms with van der Waals surface area (Å²) in [4.78, 5) is 0. The lowest BCUT2D eigenvalue weighted by atomic mass is 9.97. The van der Waals surface area contributed by atoms with Gasteiger partial charge in [0, 0.05) is 6.42 Å². The number of benzene rings is 2. The minimum Gasteiger partial charge on any atom is -0.496 e. The van der Waals surface area contributed by atoms with E-state index in [1.807, 2.05) is 25.1 Å². The summed E-state index contributed by atoms with van der Waals surface area (Å²) in [6.45, 7) is 6.19. The van der Waals surface area contributed by atoms with Crippen molar-refractivity contribution in [3.8, 4) is 5.75 Å². The van der Waals surface area contributed by atoms with Gasteiger partial charge in [0.05, 0.1) is 13.2 Å². The summed E-state index contributed by atoms with van der Waals surface area (Å²) in [5, 5.41) is 10.4. The predicted octanol–water partition coefficient (Wildman–Crippen LogP) is 3.90. The summed E-state index contributed by atoms with van der Waals surface area (Å²) in [5.74, 6) is 0.821. The summed E-state index contributed by atoms with van der Waals surface area (Å²) in [5.41, 5.74) is 5.66. The number of aliphatic hydroxyl groups excluding tert-OH is 1. The number of methoxy groups -OCH3 is 1. The lowest BCUT2D eigenvalue weighted by Crippen LogP contribution is -2.03. The quantitative estimate of drug-likeness (QED) is 0.913. The smallest absolute Gasteiger partial charge is 0.122 e. The highest BCUT2D eigenvalue weighted by atomic mass is 16.5. The third-order valence-electron chi connectivity index (χ3n) is 3.82. The normalized spacial score (nSPS) is 12.2. The van der Waals surface area contributed by atoms with Crippen LogP contribution in [-0.4, -0.2) is 12.2 Å². The highest BCUT2D eigenvalue weighted by Gasteiger charge is 2.11. The van der Waals surface area contributed by atoms with Gasteiger partial charge in [-0.2, -0.15) is 0 Å². The van der Waals surface area contributed by atoms with E-state index < -0.39 is 6.10 Å². The molecule has 1 unspecified atom stereocenters. The van der Waals surface area contributed by atoms with Crippen molar-refractivity contribution in [2.24, 2.45) is 0 Å². The fourth-order valence-electron chi connectivity index (χ4n) is 2.32. The molecule has 2 nitrogen and oxygen atoms in total. The van der Waals surface area contributed by atoms with Crippen LogP contribution in [0.4, 0.5) is 0 Å². The molecular formula is C18H22O2. The third kappa shape index (κ3) is 3.20. The molecule has 0 aliphatic carbocycles. The van der Waals surface area contributed by atoms with Crippen molar-refractivity contribution in [3.05, 3.63) is 64.2 Å². The summed E-state index contributed by atoms with van der Waals surface area (Å²) < 4.78 is 5.31. The molecule has 20 heavy (non-hydrogen) atoms. The van der Waals surface area contributed by atoms with Crippen molar-refractivity contribution in [2.45, 2.75) is 33.3 Å². The van der Waals surface area contributed by atoms with E-state index in [2.05, 4.69) is 32.0 Å². The predicted molar refractivity (Wildman–Crippen MR) is 82.3 cm³/mol. The van der Waals surface area contributed by atoms with Crippen LogP contribution in [0.3, 0.4) is 0 Å². The molecule has 0 heterocycles. The lowest BCUT2D eigenvalue weighted by Gasteiger charge is -2.14. The maximum Gasteiger partial charge on any atom is 0.122 e. The van der Waals surface area contributed by atoms with Crippen LogP contribution in [0.15, 0.2) is 36.4 Å². The first-order valence-corrected chi connectivity index (χ1v) is 6.90. The van der Waals surface area contributed by atoms with E-state index in [0.29, 0.717) is 6.42 Å². The van der Waals surface area contributed by atoms with Crippen molar-refractivity contribution in [1.82, 2.24) is 0 Å². The number of ether oxygens (including phenoxy) is 1. The largest absolute Gasteiger partial charge is 0.496 e. The molecule has 0 fully saturated rings. The Morgan fingerprint density at radius 3 is 2.30 bits per heavy atom. The van der Waals surface area contributed by atoms with Crippen LogP contribution in [0.2, 0.25) is 0 Å². The highest BCUT2D eigenvalue weighted by molar-refractivity contribution is 5.38. The molecule has 1 atom stereocenters. The van der Waals surface area contributed by atoms with Crippen LogP contribution in [0.5, 0.6) is 5.75 Å². The fourth-order valence-corrected chi connectivity index (χ4v) is 2.32. The van der Waals surface area contributed by atoms with Crippen molar-refractivity contribution < 1.29 is 9.84 Å². The van der Waals surface area contributed by atoms with Crippen LogP contribution in [0.1, 0.15) is 33.9 Å². The van der Waals surface area contributed by atoms with Crippen molar-refractivity contribution in [2.75, 3.05) is 7.11 Å². The van der Waals surface area contributed by atoms with Gasteiger partial charge in [-0.15, -0.1) is 0 Å². The molecule has 0 aliphatic rings. The SMILES string of the molecule is COc1cc(C(O)Cc2ccc(C)c(C)c2)ccc1C. The van der Waals surface area contributed by atoms with Gasteiger partial charge in [-0.25, -0.2) is 0 Å². The Balaban J connectivity index is 2.19. The molecule has 0 bridgehead atoms. The Hall–Kier alpha value is -1.80. The average molecular weight is 270 g/mol. The van der Waals surface area contributed by atoms with Gasteiger partial charge in [0.1, 0.15) is 5.75 Å². The molecule has 0 amide bonds. The zero-order valence-corrected chi connectivity index (χ0v) is 12.6. The zero-order valence-electron chi connectivity index (χ0n) is 12.6. The van der Waals surface area contributed by atoms with Gasteiger partial charge in [-0.3, -0.25) is 0 Å². The minimum absolute atomic E-state index is 0.508. The number of hydrogen-bond acceptors (Lipinski definition) is 2. The molecule has 106 valence electrons. The standard InChI is InChI=1S/C18H22O2/c1-12-5-7-15(9-14(12)3)10-17(19)16-8-6-13(2)18(11-16)20-4/h5-9,11,17,19H,10H2,1-4H3. The minimum atomic E-state index is -0.508. The van der Waals surface area contributed by atoms with Crippen molar-refractivity contribution in [1.29, 1.82) is 0 Å². The molecule has 0 aromatic heterocycles. The summed E-state index contributed by atoms with van der Waals surface area (Å²) in [7, 11) is 1.65. The summed E-state index contributed by atoms with van der Waals surface area (Å²) >= 11 is 0. The monoisotopic (exact) mass is 270 g/mol. The van der Waals surface area contributed by atoms with E-state index in [-0.39, 0.29) is 0 Å². The fraction of sp³-hybridized carbons (Fsp3) is 0.333. The van der Waals surface area contributed by atoms with Gasteiger partial charge in [-0.05, 0) is 54.7 Å². The van der Waals surface area contributed by atoms with E-state index in [1.165, 1.54) is 11.1 Å². The first kappa shape index (κ1) is 14.6. The van der Waals surface area contributed by atoms with E-state index in [9.17, 15) is 5.11 Å². The Morgan fingerprint density at radius 1 is 0.950 bits per heavy atom. The van der Waals surface area contributed by atoms with Gasteiger partial charge in [-0.1, -0.05) is 30.3 Å². The molecule has 2 aromatic rings. The van der Waals surface area contributed by atoms with Crippen LogP contribution < -0.4 is 4.74 Å². The molecule has 1 N–H and O–H groups in total. The number of aliphatic hydroxyl groups is 1. The van der Waals surface area contributed by atoms with Crippen molar-refractivity contribution in [3.63, 3.8) is 0 Å². The second-order valence-corrected chi connectivity index (χ2v) is 5.37. The van der Waals surface area contributed by atoms with Crippen LogP contribution >= 0.6 is 0 Å². The molecular weight excluding hydrogens is 248 g/mol. The van der Waals surface area contributed by atoms with Crippen molar-refractivity contribution >= 4 is 0 Å². The second kappa shape index (κ2) is 6.10. The Bertz CT molecular complexity index is 602. The molecule has 0 aliphatic heterocycles. The second-order valence-electron chi connectivity index (χ2n) is 5.37. The third-order valence-corrected chi connectivity index (χ3v) is 3.82. The number of aryl methyl sites for hydroxylation is 3. The van der Waals surface area contributed by atoms with Crippen LogP contribution in [0.25, 0.3) is 0 Å². The average Bonchev–Trinajstić information content (AvgIpc) is 2.43. The lowest BCUT2D eigenvalue weighted by molar-refractivity contribution is 0.178. The Kier molecular flexibility index (Phi) is 4.46. The molecule has 0 saturated carbocycles. The van der Waals surface area contributed by atoms with E-state index in [0.717, 1.165) is 22.4 Å². The Labute approximate surface area is 121 Å². The van der Waals surface area contributed by atoms with E-state index in [1.54, 1.807) is 7.11 Å². The van der Waals surface area contributed by atoms with E-state index in [4.69, 9.17) is 4.74 Å². The maximum atomic E-state index is 10.4. The molecule has 0 spiro atoms. The van der Waals surface area contributed by atoms with Gasteiger partial charge >= 0.3 is 0 Å². The van der Waals surface area contributed by atoms with E-state index >= 15 is 0 Å². The van der Waals surface area contributed by atoms with Crippen LogP contribution in [-0.2, 0) is 6.42 Å². The van der Waals surface area contributed by atoms with Gasteiger partial charge < -0.3 is 9.84 Å². The van der Waals surface area contributed by atoms with Gasteiger partial charge in [0.15, 0.2) is 0 Å². The maximum absolute atomic E-state index is 10.4. The molecule has 0 radical (unpaired) electrons.